The molecule has 0 aromatic carbocycles. The lowest BCUT2D eigenvalue weighted by Crippen LogP contribution is -1.90. The van der Waals surface area contributed by atoms with Crippen molar-refractivity contribution in [2.24, 2.45) is 0 Å². The molecule has 3 nitrogen and oxygen atoms in total. The Morgan fingerprint density at radius 2 is 2.43 bits per heavy atom. The van der Waals surface area contributed by atoms with E-state index in [-0.39, 0.29) is 0 Å². The topological polar surface area (TPSA) is 38.9 Å². The summed E-state index contributed by atoms with van der Waals surface area (Å²) in [5.41, 5.74) is 0.843. The zero-order valence-electron chi connectivity index (χ0n) is 8.23. The van der Waals surface area contributed by atoms with Crippen molar-refractivity contribution in [3.05, 3.63) is 23.7 Å². The molecule has 0 spiro atoms. The molecular weight excluding hydrogens is 196 g/mol. The summed E-state index contributed by atoms with van der Waals surface area (Å²) in [5.74, 6) is 1.18. The molecule has 0 saturated carbocycles. The van der Waals surface area contributed by atoms with Crippen LogP contribution in [0.15, 0.2) is 22.3 Å². The van der Waals surface area contributed by atoms with Crippen LogP contribution in [0.4, 0.5) is 0 Å². The summed E-state index contributed by atoms with van der Waals surface area (Å²) in [4.78, 5) is 8.59. The zero-order valence-corrected chi connectivity index (χ0v) is 9.04. The van der Waals surface area contributed by atoms with Crippen molar-refractivity contribution in [2.75, 3.05) is 0 Å². The normalized spacial score (nSPS) is 13.0. The van der Waals surface area contributed by atoms with E-state index in [4.69, 9.17) is 4.42 Å². The Balaban J connectivity index is 2.26. The van der Waals surface area contributed by atoms with E-state index < -0.39 is 0 Å². The standard InChI is InChI=1S/C10H12N2OS/c1-3-7(2)9-12-8(6-13-9)10-11-4-5-14-10/h4-7H,3H2,1-2H3. The van der Waals surface area contributed by atoms with E-state index in [0.717, 1.165) is 23.0 Å². The van der Waals surface area contributed by atoms with Gasteiger partial charge in [-0.05, 0) is 6.42 Å². The lowest BCUT2D eigenvalue weighted by molar-refractivity contribution is 0.453. The average molecular weight is 208 g/mol. The van der Waals surface area contributed by atoms with Gasteiger partial charge in [-0.25, -0.2) is 9.97 Å². The molecule has 0 amide bonds. The first kappa shape index (κ1) is 9.40. The van der Waals surface area contributed by atoms with Crippen molar-refractivity contribution in [3.63, 3.8) is 0 Å². The van der Waals surface area contributed by atoms with E-state index in [9.17, 15) is 0 Å². The molecule has 1 unspecified atom stereocenters. The predicted octanol–water partition coefficient (Wildman–Crippen LogP) is 3.31. The number of oxazole rings is 1. The third-order valence-electron chi connectivity index (χ3n) is 2.21. The van der Waals surface area contributed by atoms with Gasteiger partial charge in [-0.1, -0.05) is 13.8 Å². The van der Waals surface area contributed by atoms with Gasteiger partial charge in [0.2, 0.25) is 0 Å². The van der Waals surface area contributed by atoms with Gasteiger partial charge in [0.15, 0.2) is 5.89 Å². The first-order chi connectivity index (χ1) is 6.81. The maximum atomic E-state index is 5.40. The van der Waals surface area contributed by atoms with Crippen molar-refractivity contribution >= 4 is 11.3 Å². The molecule has 0 N–H and O–H groups in total. The first-order valence-electron chi connectivity index (χ1n) is 4.66. The monoisotopic (exact) mass is 208 g/mol. The molecule has 2 aromatic heterocycles. The van der Waals surface area contributed by atoms with Crippen LogP contribution in [-0.4, -0.2) is 9.97 Å². The molecule has 2 rings (SSSR count). The van der Waals surface area contributed by atoms with Crippen LogP contribution in [0.25, 0.3) is 10.7 Å². The molecule has 0 fully saturated rings. The summed E-state index contributed by atoms with van der Waals surface area (Å²) in [6.45, 7) is 4.23. The van der Waals surface area contributed by atoms with Crippen LogP contribution >= 0.6 is 11.3 Å². The summed E-state index contributed by atoms with van der Waals surface area (Å²) >= 11 is 1.58. The van der Waals surface area contributed by atoms with E-state index in [1.807, 2.05) is 5.38 Å². The van der Waals surface area contributed by atoms with E-state index in [0.29, 0.717) is 5.92 Å². The van der Waals surface area contributed by atoms with Crippen LogP contribution < -0.4 is 0 Å². The second kappa shape index (κ2) is 3.92. The van der Waals surface area contributed by atoms with Gasteiger partial charge in [-0.15, -0.1) is 11.3 Å². The highest BCUT2D eigenvalue weighted by atomic mass is 32.1. The van der Waals surface area contributed by atoms with Crippen molar-refractivity contribution in [3.8, 4) is 10.7 Å². The minimum atomic E-state index is 0.378. The minimum Gasteiger partial charge on any atom is -0.448 e. The molecule has 74 valence electrons. The number of nitrogens with zero attached hydrogens (tertiary/aromatic N) is 2. The number of thiazole rings is 1. The Morgan fingerprint density at radius 3 is 3.07 bits per heavy atom. The lowest BCUT2D eigenvalue weighted by atomic mass is 10.1. The number of hydrogen-bond acceptors (Lipinski definition) is 4. The van der Waals surface area contributed by atoms with Gasteiger partial charge in [0.25, 0.3) is 0 Å². The van der Waals surface area contributed by atoms with Gasteiger partial charge in [-0.2, -0.15) is 0 Å². The van der Waals surface area contributed by atoms with Crippen LogP contribution in [-0.2, 0) is 0 Å². The van der Waals surface area contributed by atoms with Crippen molar-refractivity contribution in [2.45, 2.75) is 26.2 Å². The van der Waals surface area contributed by atoms with Gasteiger partial charge in [0.05, 0.1) is 0 Å². The van der Waals surface area contributed by atoms with Gasteiger partial charge in [-0.3, -0.25) is 0 Å². The lowest BCUT2D eigenvalue weighted by Gasteiger charge is -1.99. The van der Waals surface area contributed by atoms with Crippen LogP contribution in [0.1, 0.15) is 32.1 Å². The van der Waals surface area contributed by atoms with E-state index in [1.54, 1.807) is 23.8 Å². The van der Waals surface area contributed by atoms with E-state index in [2.05, 4.69) is 23.8 Å². The molecule has 0 aliphatic carbocycles. The smallest absolute Gasteiger partial charge is 0.197 e. The molecule has 0 radical (unpaired) electrons. The second-order valence-corrected chi connectivity index (χ2v) is 4.11. The molecule has 0 aliphatic heterocycles. The molecule has 2 heterocycles. The second-order valence-electron chi connectivity index (χ2n) is 3.22. The van der Waals surface area contributed by atoms with E-state index in [1.165, 1.54) is 0 Å². The fourth-order valence-electron chi connectivity index (χ4n) is 1.14. The van der Waals surface area contributed by atoms with Crippen LogP contribution in [0.2, 0.25) is 0 Å². The van der Waals surface area contributed by atoms with Crippen molar-refractivity contribution < 1.29 is 4.42 Å². The Hall–Kier alpha value is -1.16. The maximum absolute atomic E-state index is 5.40. The molecule has 1 atom stereocenters. The van der Waals surface area contributed by atoms with Crippen LogP contribution in [0, 0.1) is 0 Å². The minimum absolute atomic E-state index is 0.378. The van der Waals surface area contributed by atoms with Gasteiger partial charge in [0.1, 0.15) is 17.0 Å². The summed E-state index contributed by atoms with van der Waals surface area (Å²) < 4.78 is 5.40. The number of hydrogen-bond donors (Lipinski definition) is 0. The van der Waals surface area contributed by atoms with Gasteiger partial charge >= 0.3 is 0 Å². The molecular formula is C10H12N2OS. The highest BCUT2D eigenvalue weighted by Gasteiger charge is 2.12. The first-order valence-corrected chi connectivity index (χ1v) is 5.54. The summed E-state index contributed by atoms with van der Waals surface area (Å²) in [6.07, 6.45) is 4.50. The summed E-state index contributed by atoms with van der Waals surface area (Å²) in [7, 11) is 0. The Bertz CT molecular complexity index is 394. The quantitative estimate of drug-likeness (QED) is 0.776. The fraction of sp³-hybridized carbons (Fsp3) is 0.400. The highest BCUT2D eigenvalue weighted by Crippen LogP contribution is 2.24. The molecule has 2 aromatic rings. The number of rotatable bonds is 3. The SMILES string of the molecule is CCC(C)c1nc(-c2nccs2)co1. The average Bonchev–Trinajstić information content (AvgIpc) is 2.86. The molecule has 0 bridgehead atoms. The maximum Gasteiger partial charge on any atom is 0.197 e. The Labute approximate surface area is 86.8 Å². The molecule has 14 heavy (non-hydrogen) atoms. The van der Waals surface area contributed by atoms with E-state index >= 15 is 0 Å². The Kier molecular flexibility index (Phi) is 2.63. The van der Waals surface area contributed by atoms with Crippen molar-refractivity contribution in [1.82, 2.24) is 9.97 Å². The summed E-state index contributed by atoms with van der Waals surface area (Å²) in [6, 6.07) is 0. The molecule has 4 heteroatoms. The fourth-order valence-corrected chi connectivity index (χ4v) is 1.72. The zero-order chi connectivity index (χ0) is 9.97. The number of aromatic nitrogens is 2. The summed E-state index contributed by atoms with van der Waals surface area (Å²) in [5, 5.41) is 2.86. The molecule has 0 aliphatic rings. The largest absolute Gasteiger partial charge is 0.448 e. The third kappa shape index (κ3) is 1.70. The van der Waals surface area contributed by atoms with Gasteiger partial charge in [0, 0.05) is 17.5 Å². The predicted molar refractivity (Wildman–Crippen MR) is 56.3 cm³/mol. The highest BCUT2D eigenvalue weighted by molar-refractivity contribution is 7.13. The van der Waals surface area contributed by atoms with Crippen LogP contribution in [0.3, 0.4) is 0 Å². The van der Waals surface area contributed by atoms with Crippen molar-refractivity contribution in [1.29, 1.82) is 0 Å². The van der Waals surface area contributed by atoms with Crippen LogP contribution in [0.5, 0.6) is 0 Å². The van der Waals surface area contributed by atoms with Gasteiger partial charge < -0.3 is 4.42 Å². The third-order valence-corrected chi connectivity index (χ3v) is 3.00. The Morgan fingerprint density at radius 1 is 1.57 bits per heavy atom. The molecule has 0 saturated heterocycles.